The maximum Gasteiger partial charge on any atom is 0.411 e. The fourth-order valence-electron chi connectivity index (χ4n) is 6.05. The van der Waals surface area contributed by atoms with E-state index in [9.17, 15) is 27.6 Å². The number of Topliss-reactive ketones (excluding diaryl/α,β-unsaturated/α-hetero) is 1. The van der Waals surface area contributed by atoms with Gasteiger partial charge in [0.15, 0.2) is 5.78 Å². The molecule has 2 aliphatic heterocycles. The highest BCUT2D eigenvalue weighted by Gasteiger charge is 2.61. The minimum atomic E-state index is -3.78. The number of ketones is 1. The molecule has 5 rings (SSSR count). The van der Waals surface area contributed by atoms with Crippen LogP contribution in [0.25, 0.3) is 0 Å². The summed E-state index contributed by atoms with van der Waals surface area (Å²) in [6, 6.07) is 4.48. The number of halogens is 1. The topological polar surface area (TPSA) is 139 Å². The highest BCUT2D eigenvalue weighted by molar-refractivity contribution is 7.90. The van der Waals surface area contributed by atoms with Crippen LogP contribution in [-0.2, 0) is 42.2 Å². The molecule has 13 heteroatoms. The van der Waals surface area contributed by atoms with Crippen molar-refractivity contribution in [3.63, 3.8) is 0 Å². The minimum Gasteiger partial charge on any atom is -0.444 e. The van der Waals surface area contributed by atoms with E-state index in [1.54, 1.807) is 26.8 Å². The van der Waals surface area contributed by atoms with Crippen LogP contribution in [0, 0.1) is 11.3 Å². The zero-order valence-corrected chi connectivity index (χ0v) is 25.9. The van der Waals surface area contributed by atoms with Gasteiger partial charge in [-0.05, 0) is 63.1 Å². The Labute approximate surface area is 251 Å². The fourth-order valence-corrected chi connectivity index (χ4v) is 7.69. The summed E-state index contributed by atoms with van der Waals surface area (Å²) in [5.41, 5.74) is -0.199. The highest BCUT2D eigenvalue weighted by atomic mass is 35.5. The van der Waals surface area contributed by atoms with Crippen LogP contribution in [-0.4, -0.2) is 71.6 Å². The average Bonchev–Trinajstić information content (AvgIpc) is 3.78. The van der Waals surface area contributed by atoms with Gasteiger partial charge in [0, 0.05) is 24.4 Å². The molecule has 11 nitrogen and oxygen atoms in total. The van der Waals surface area contributed by atoms with Gasteiger partial charge in [-0.15, -0.1) is 0 Å². The molecule has 4 atom stereocenters. The number of carbonyl (C=O) groups is 4. The Kier molecular flexibility index (Phi) is 8.02. The van der Waals surface area contributed by atoms with Crippen molar-refractivity contribution in [2.75, 3.05) is 6.54 Å². The lowest BCUT2D eigenvalue weighted by Crippen LogP contribution is -2.46. The van der Waals surface area contributed by atoms with E-state index in [4.69, 9.17) is 21.1 Å². The minimum absolute atomic E-state index is 0.0419. The van der Waals surface area contributed by atoms with Crippen LogP contribution in [0.4, 0.5) is 9.59 Å². The second-order valence-electron chi connectivity index (χ2n) is 12.9. The first-order valence-corrected chi connectivity index (χ1v) is 16.4. The number of sulfonamides is 1. The third kappa shape index (κ3) is 6.24. The van der Waals surface area contributed by atoms with Gasteiger partial charge < -0.3 is 9.47 Å². The van der Waals surface area contributed by atoms with E-state index in [0.717, 1.165) is 11.1 Å². The van der Waals surface area contributed by atoms with Gasteiger partial charge in [0.1, 0.15) is 11.7 Å². The van der Waals surface area contributed by atoms with Gasteiger partial charge in [-0.1, -0.05) is 37.1 Å². The Morgan fingerprint density at radius 1 is 1.12 bits per heavy atom. The molecule has 230 valence electrons. The van der Waals surface area contributed by atoms with Crippen molar-refractivity contribution in [3.8, 4) is 0 Å². The van der Waals surface area contributed by atoms with Crippen molar-refractivity contribution in [2.45, 2.75) is 102 Å². The molecule has 2 heterocycles. The van der Waals surface area contributed by atoms with Crippen LogP contribution in [0.2, 0.25) is 5.02 Å². The highest BCUT2D eigenvalue weighted by Crippen LogP contribution is 2.58. The van der Waals surface area contributed by atoms with E-state index in [2.05, 4.69) is 4.72 Å². The molecule has 0 aromatic heterocycles. The summed E-state index contributed by atoms with van der Waals surface area (Å²) >= 11 is 6.29. The van der Waals surface area contributed by atoms with Gasteiger partial charge in [0.2, 0.25) is 15.9 Å². The van der Waals surface area contributed by atoms with Crippen molar-refractivity contribution in [1.29, 1.82) is 0 Å². The molecular formula is C29H38ClN3O8S. The van der Waals surface area contributed by atoms with Gasteiger partial charge in [-0.3, -0.25) is 24.1 Å². The van der Waals surface area contributed by atoms with E-state index in [-0.39, 0.29) is 25.3 Å². The molecule has 0 bridgehead atoms. The molecule has 0 spiro atoms. The molecule has 3 fully saturated rings. The number of nitrogens with zero attached hydrogens (tertiary/aromatic N) is 2. The van der Waals surface area contributed by atoms with Crippen molar-refractivity contribution in [1.82, 2.24) is 14.5 Å². The Hall–Kier alpha value is -2.86. The lowest BCUT2D eigenvalue weighted by Gasteiger charge is -2.28. The molecule has 0 unspecified atom stereocenters. The van der Waals surface area contributed by atoms with Crippen LogP contribution in [0.5, 0.6) is 0 Å². The number of ether oxygens (including phenoxy) is 2. The first-order chi connectivity index (χ1) is 19.6. The molecular weight excluding hydrogens is 586 g/mol. The smallest absolute Gasteiger partial charge is 0.411 e. The first kappa shape index (κ1) is 30.6. The third-order valence-electron chi connectivity index (χ3n) is 8.58. The predicted molar refractivity (Wildman–Crippen MR) is 153 cm³/mol. The standard InChI is InChI=1S/C29H38ClN3O8S/c1-5-18-12-29(18,25(35)31-42(38,39)20-9-10-20)13-24(34)23-11-19(15-33(23)27(37)41-28(2,3)4)40-26(36)32-14-17-7-6-8-22(30)21(17)16-32/h6-8,18-20,23H,5,9-16H2,1-4H3,(H,31,35)/t18-,19-,23+,29-/m1/s1. The molecule has 2 saturated carbocycles. The van der Waals surface area contributed by atoms with Crippen LogP contribution in [0.1, 0.15) is 77.3 Å². The van der Waals surface area contributed by atoms with Crippen molar-refractivity contribution in [2.24, 2.45) is 11.3 Å². The van der Waals surface area contributed by atoms with Gasteiger partial charge in [0.05, 0.1) is 29.8 Å². The quantitative estimate of drug-likeness (QED) is 0.455. The first-order valence-electron chi connectivity index (χ1n) is 14.4. The zero-order valence-electron chi connectivity index (χ0n) is 24.4. The molecule has 0 radical (unpaired) electrons. The number of rotatable bonds is 8. The van der Waals surface area contributed by atoms with Gasteiger partial charge in [-0.2, -0.15) is 0 Å². The summed E-state index contributed by atoms with van der Waals surface area (Å²) < 4.78 is 38.5. The van der Waals surface area contributed by atoms with Crippen molar-refractivity contribution in [3.05, 3.63) is 34.3 Å². The molecule has 42 heavy (non-hydrogen) atoms. The molecule has 4 aliphatic rings. The monoisotopic (exact) mass is 623 g/mol. The summed E-state index contributed by atoms with van der Waals surface area (Å²) in [4.78, 5) is 56.1. The number of carbonyl (C=O) groups excluding carboxylic acids is 4. The Bertz CT molecular complexity index is 1410. The van der Waals surface area contributed by atoms with Gasteiger partial charge in [0.25, 0.3) is 0 Å². The largest absolute Gasteiger partial charge is 0.444 e. The lowest BCUT2D eigenvalue weighted by atomic mass is 9.91. The summed E-state index contributed by atoms with van der Waals surface area (Å²) in [5, 5.41) is -0.000765. The van der Waals surface area contributed by atoms with E-state index in [1.807, 2.05) is 19.1 Å². The SMILES string of the molecule is CC[C@@H]1C[C@]1(CC(=O)[C@@H]1C[C@@H](OC(=O)N2Cc3cccc(Cl)c3C2)CN1C(=O)OC(C)(C)C)C(=O)NS(=O)(=O)C1CC1. The van der Waals surface area contributed by atoms with Crippen LogP contribution in [0.15, 0.2) is 18.2 Å². The molecule has 3 amide bonds. The number of amides is 3. The summed E-state index contributed by atoms with van der Waals surface area (Å²) in [6.45, 7) is 7.59. The normalized spacial score (nSPS) is 26.9. The summed E-state index contributed by atoms with van der Waals surface area (Å²) in [5.74, 6) is -1.20. The van der Waals surface area contributed by atoms with Crippen LogP contribution in [0.3, 0.4) is 0 Å². The van der Waals surface area contributed by atoms with E-state index >= 15 is 0 Å². The van der Waals surface area contributed by atoms with Crippen LogP contribution < -0.4 is 4.72 Å². The number of benzene rings is 1. The van der Waals surface area contributed by atoms with Crippen molar-refractivity contribution >= 4 is 45.5 Å². The summed E-state index contributed by atoms with van der Waals surface area (Å²) in [7, 11) is -3.78. The molecule has 1 aromatic carbocycles. The number of likely N-dealkylation sites (tertiary alicyclic amines) is 1. The summed E-state index contributed by atoms with van der Waals surface area (Å²) in [6.07, 6.45) is -0.257. The molecule has 1 aromatic rings. The van der Waals surface area contributed by atoms with E-state index < -0.39 is 62.3 Å². The zero-order chi connectivity index (χ0) is 30.6. The van der Waals surface area contributed by atoms with E-state index in [0.29, 0.717) is 43.8 Å². The Morgan fingerprint density at radius 2 is 1.83 bits per heavy atom. The molecule has 2 aliphatic carbocycles. The maximum absolute atomic E-state index is 13.8. The molecule has 1 saturated heterocycles. The fraction of sp³-hybridized carbons (Fsp3) is 0.655. The van der Waals surface area contributed by atoms with E-state index in [1.165, 1.54) is 9.80 Å². The second-order valence-corrected chi connectivity index (χ2v) is 15.3. The lowest BCUT2D eigenvalue weighted by molar-refractivity contribution is -0.132. The third-order valence-corrected chi connectivity index (χ3v) is 10.8. The Balaban J connectivity index is 1.29. The average molecular weight is 624 g/mol. The van der Waals surface area contributed by atoms with Gasteiger partial charge in [-0.25, -0.2) is 18.0 Å². The number of hydrogen-bond donors (Lipinski definition) is 1. The number of hydrogen-bond acceptors (Lipinski definition) is 8. The van der Waals surface area contributed by atoms with Crippen LogP contribution >= 0.6 is 11.6 Å². The second kappa shape index (κ2) is 11.0. The number of fused-ring (bicyclic) bond motifs is 1. The predicted octanol–water partition coefficient (Wildman–Crippen LogP) is 4.15. The number of nitrogens with one attached hydrogen (secondary N) is 1. The maximum atomic E-state index is 13.8. The van der Waals surface area contributed by atoms with Crippen molar-refractivity contribution < 1.29 is 37.1 Å². The molecule has 1 N–H and O–H groups in total. The van der Waals surface area contributed by atoms with Gasteiger partial charge >= 0.3 is 12.2 Å². The Morgan fingerprint density at radius 3 is 2.43 bits per heavy atom.